The quantitative estimate of drug-likeness (QED) is 0.348. The molecule has 1 aliphatic heterocycles. The minimum Gasteiger partial charge on any atom is -0.374 e. The first-order valence-corrected chi connectivity index (χ1v) is 3.78. The Morgan fingerprint density at radius 1 is 1.64 bits per heavy atom. The van der Waals surface area contributed by atoms with Gasteiger partial charge < -0.3 is 4.74 Å². The summed E-state index contributed by atoms with van der Waals surface area (Å²) in [4.78, 5) is 10.3. The van der Waals surface area contributed by atoms with Gasteiger partial charge in [0.25, 0.3) is 0 Å². The molecule has 60 valence electrons. The van der Waals surface area contributed by atoms with E-state index in [-0.39, 0.29) is 6.10 Å². The van der Waals surface area contributed by atoms with E-state index < -0.39 is 0 Å². The minimum atomic E-state index is 0.133. The van der Waals surface area contributed by atoms with Gasteiger partial charge in [-0.1, -0.05) is 12.7 Å². The van der Waals surface area contributed by atoms with Gasteiger partial charge >= 0.3 is 0 Å². The molecule has 2 heteroatoms. The second kappa shape index (κ2) is 4.09. The lowest BCUT2D eigenvalue weighted by atomic mass is 10.1. The van der Waals surface area contributed by atoms with E-state index in [1.54, 1.807) is 6.08 Å². The summed E-state index contributed by atoms with van der Waals surface area (Å²) in [6.07, 6.45) is 6.42. The van der Waals surface area contributed by atoms with Gasteiger partial charge in [0.1, 0.15) is 6.29 Å². The van der Waals surface area contributed by atoms with Gasteiger partial charge in [-0.05, 0) is 18.9 Å². The summed E-state index contributed by atoms with van der Waals surface area (Å²) in [5, 5.41) is 0. The smallest absolute Gasteiger partial charge is 0.149 e. The van der Waals surface area contributed by atoms with Crippen molar-refractivity contribution >= 4 is 6.29 Å². The van der Waals surface area contributed by atoms with Crippen LogP contribution in [0.1, 0.15) is 12.8 Å². The number of aldehydes is 1. The third kappa shape index (κ3) is 2.31. The minimum absolute atomic E-state index is 0.133. The molecule has 0 aromatic carbocycles. The zero-order chi connectivity index (χ0) is 8.10. The lowest BCUT2D eigenvalue weighted by molar-refractivity contribution is -0.104. The molecule has 0 aromatic rings. The average molecular weight is 152 g/mol. The van der Waals surface area contributed by atoms with Crippen LogP contribution in [0.2, 0.25) is 0 Å². The Kier molecular flexibility index (Phi) is 3.05. The zero-order valence-electron chi connectivity index (χ0n) is 6.45. The van der Waals surface area contributed by atoms with Gasteiger partial charge in [0.2, 0.25) is 0 Å². The van der Waals surface area contributed by atoms with Gasteiger partial charge in [-0.15, -0.1) is 0 Å². The van der Waals surface area contributed by atoms with Crippen molar-refractivity contribution in [3.8, 4) is 0 Å². The van der Waals surface area contributed by atoms with Crippen LogP contribution in [0.4, 0.5) is 0 Å². The van der Waals surface area contributed by atoms with Crippen molar-refractivity contribution in [3.63, 3.8) is 0 Å². The second-order valence-electron chi connectivity index (χ2n) is 2.54. The standard InChI is InChI=1S/C9H12O2/c1-2-8(7-10)6-9-4-3-5-11-9/h2,6-7,9H,1,3-5H2/b8-6-. The van der Waals surface area contributed by atoms with Crippen molar-refractivity contribution in [2.45, 2.75) is 18.9 Å². The van der Waals surface area contributed by atoms with Crippen LogP contribution in [0.25, 0.3) is 0 Å². The Morgan fingerprint density at radius 3 is 2.91 bits per heavy atom. The highest BCUT2D eigenvalue weighted by Crippen LogP contribution is 2.14. The fourth-order valence-corrected chi connectivity index (χ4v) is 1.10. The molecular weight excluding hydrogens is 140 g/mol. The molecule has 1 aliphatic rings. The second-order valence-corrected chi connectivity index (χ2v) is 2.54. The van der Waals surface area contributed by atoms with Gasteiger partial charge in [0.15, 0.2) is 0 Å². The van der Waals surface area contributed by atoms with E-state index in [0.29, 0.717) is 5.57 Å². The molecule has 0 aliphatic carbocycles. The largest absolute Gasteiger partial charge is 0.374 e. The van der Waals surface area contributed by atoms with Crippen LogP contribution in [-0.4, -0.2) is 19.0 Å². The topological polar surface area (TPSA) is 26.3 Å². The van der Waals surface area contributed by atoms with E-state index in [2.05, 4.69) is 6.58 Å². The first kappa shape index (κ1) is 8.21. The van der Waals surface area contributed by atoms with E-state index >= 15 is 0 Å². The molecule has 1 rings (SSSR count). The zero-order valence-corrected chi connectivity index (χ0v) is 6.45. The van der Waals surface area contributed by atoms with Crippen molar-refractivity contribution in [1.29, 1.82) is 0 Å². The summed E-state index contributed by atoms with van der Waals surface area (Å²) < 4.78 is 5.30. The third-order valence-electron chi connectivity index (χ3n) is 1.72. The van der Waals surface area contributed by atoms with Crippen LogP contribution < -0.4 is 0 Å². The van der Waals surface area contributed by atoms with E-state index in [1.807, 2.05) is 6.08 Å². The Morgan fingerprint density at radius 2 is 2.45 bits per heavy atom. The molecule has 0 radical (unpaired) electrons. The number of ether oxygens (including phenoxy) is 1. The molecule has 11 heavy (non-hydrogen) atoms. The highest BCUT2D eigenvalue weighted by molar-refractivity contribution is 5.77. The lowest BCUT2D eigenvalue weighted by Gasteiger charge is -2.01. The monoisotopic (exact) mass is 152 g/mol. The summed E-state index contributed by atoms with van der Waals surface area (Å²) in [6, 6.07) is 0. The van der Waals surface area contributed by atoms with Crippen LogP contribution >= 0.6 is 0 Å². The number of hydrogen-bond donors (Lipinski definition) is 0. The molecule has 0 bridgehead atoms. The van der Waals surface area contributed by atoms with Gasteiger partial charge in [0, 0.05) is 12.2 Å². The van der Waals surface area contributed by atoms with Crippen LogP contribution in [0.3, 0.4) is 0 Å². The van der Waals surface area contributed by atoms with Crippen LogP contribution in [-0.2, 0) is 9.53 Å². The van der Waals surface area contributed by atoms with Crippen LogP contribution in [0.5, 0.6) is 0 Å². The normalized spacial score (nSPS) is 25.1. The van der Waals surface area contributed by atoms with Crippen LogP contribution in [0, 0.1) is 0 Å². The molecule has 1 heterocycles. The fraction of sp³-hybridized carbons (Fsp3) is 0.444. The van der Waals surface area contributed by atoms with Crippen molar-refractivity contribution in [1.82, 2.24) is 0 Å². The first-order valence-electron chi connectivity index (χ1n) is 3.78. The Balaban J connectivity index is 2.52. The molecule has 0 saturated carbocycles. The predicted octanol–water partition coefficient (Wildman–Crippen LogP) is 1.48. The third-order valence-corrected chi connectivity index (χ3v) is 1.72. The number of hydrogen-bond acceptors (Lipinski definition) is 2. The summed E-state index contributed by atoms with van der Waals surface area (Å²) in [5.74, 6) is 0. The number of carbonyl (C=O) groups excluding carboxylic acids is 1. The predicted molar refractivity (Wildman–Crippen MR) is 43.3 cm³/mol. The summed E-state index contributed by atoms with van der Waals surface area (Å²) in [5.41, 5.74) is 0.622. The molecule has 0 N–H and O–H groups in total. The summed E-state index contributed by atoms with van der Waals surface area (Å²) in [7, 11) is 0. The highest BCUT2D eigenvalue weighted by Gasteiger charge is 2.12. The Hall–Kier alpha value is -0.890. The molecule has 1 atom stereocenters. The highest BCUT2D eigenvalue weighted by atomic mass is 16.5. The number of rotatable bonds is 3. The van der Waals surface area contributed by atoms with Crippen molar-refractivity contribution < 1.29 is 9.53 Å². The van der Waals surface area contributed by atoms with E-state index in [9.17, 15) is 4.79 Å². The summed E-state index contributed by atoms with van der Waals surface area (Å²) in [6.45, 7) is 4.33. The lowest BCUT2D eigenvalue weighted by Crippen LogP contribution is -2.01. The fourth-order valence-electron chi connectivity index (χ4n) is 1.10. The first-order chi connectivity index (χ1) is 5.36. The van der Waals surface area contributed by atoms with Gasteiger partial charge in [-0.3, -0.25) is 4.79 Å². The van der Waals surface area contributed by atoms with Crippen LogP contribution in [0.15, 0.2) is 24.3 Å². The maximum absolute atomic E-state index is 10.3. The molecule has 1 fully saturated rings. The summed E-state index contributed by atoms with van der Waals surface area (Å²) >= 11 is 0. The van der Waals surface area contributed by atoms with E-state index in [1.165, 1.54) is 0 Å². The van der Waals surface area contributed by atoms with Crippen molar-refractivity contribution in [2.24, 2.45) is 0 Å². The number of allylic oxidation sites excluding steroid dienone is 2. The Labute approximate surface area is 66.5 Å². The molecule has 0 aromatic heterocycles. The maximum atomic E-state index is 10.3. The van der Waals surface area contributed by atoms with E-state index in [4.69, 9.17) is 4.74 Å². The Bertz CT molecular complexity index is 166. The SMILES string of the molecule is C=C/C(C=O)=C/C1CCCO1. The molecule has 1 saturated heterocycles. The molecule has 0 amide bonds. The van der Waals surface area contributed by atoms with Gasteiger partial charge in [-0.2, -0.15) is 0 Å². The van der Waals surface area contributed by atoms with Gasteiger partial charge in [0.05, 0.1) is 6.10 Å². The molecule has 1 unspecified atom stereocenters. The molecule has 2 nitrogen and oxygen atoms in total. The van der Waals surface area contributed by atoms with Crippen molar-refractivity contribution in [3.05, 3.63) is 24.3 Å². The average Bonchev–Trinajstić information content (AvgIpc) is 2.52. The van der Waals surface area contributed by atoms with Gasteiger partial charge in [-0.25, -0.2) is 0 Å². The molecular formula is C9H12O2. The number of carbonyl (C=O) groups is 1. The van der Waals surface area contributed by atoms with Crippen molar-refractivity contribution in [2.75, 3.05) is 6.61 Å². The van der Waals surface area contributed by atoms with E-state index in [0.717, 1.165) is 25.7 Å². The maximum Gasteiger partial charge on any atom is 0.149 e. The molecule has 0 spiro atoms.